The number of ether oxygens (including phenoxy) is 1. The van der Waals surface area contributed by atoms with Gasteiger partial charge in [0.05, 0.1) is 12.2 Å². The van der Waals surface area contributed by atoms with Crippen LogP contribution >= 0.6 is 0 Å². The minimum Gasteiger partial charge on any atom is -0.462 e. The third kappa shape index (κ3) is 3.24. The maximum absolute atomic E-state index is 13.2. The molecule has 0 unspecified atom stereocenters. The standard InChI is InChI=1S/C17H17FN2O2/c1-2-22-17(21)12-6-7-16(19-10-12)20-15-9-14(15)11-4-3-5-13(18)8-11/h3-8,10,14-15H,2,9H2,1H3,(H,19,20)/t14-,15+/m0/s1. The summed E-state index contributed by atoms with van der Waals surface area (Å²) in [5.74, 6) is 0.435. The summed E-state index contributed by atoms with van der Waals surface area (Å²) in [4.78, 5) is 15.8. The number of carbonyl (C=O) groups excluding carboxylic acids is 1. The van der Waals surface area contributed by atoms with Crippen molar-refractivity contribution in [2.24, 2.45) is 0 Å². The first kappa shape index (κ1) is 14.5. The fourth-order valence-corrected chi connectivity index (χ4v) is 2.46. The Morgan fingerprint density at radius 1 is 1.41 bits per heavy atom. The summed E-state index contributed by atoms with van der Waals surface area (Å²) in [7, 11) is 0. The molecule has 1 aromatic heterocycles. The van der Waals surface area contributed by atoms with Gasteiger partial charge in [-0.2, -0.15) is 0 Å². The van der Waals surface area contributed by atoms with Crippen molar-refractivity contribution in [1.29, 1.82) is 0 Å². The summed E-state index contributed by atoms with van der Waals surface area (Å²) in [5, 5.41) is 3.30. The predicted octanol–water partition coefficient (Wildman–Crippen LogP) is 3.37. The van der Waals surface area contributed by atoms with E-state index in [1.54, 1.807) is 31.2 Å². The number of carbonyl (C=O) groups is 1. The van der Waals surface area contributed by atoms with Crippen LogP contribution in [-0.2, 0) is 4.74 Å². The lowest BCUT2D eigenvalue weighted by molar-refractivity contribution is 0.0526. The molecule has 1 aromatic carbocycles. The average Bonchev–Trinajstić information content (AvgIpc) is 3.27. The molecule has 22 heavy (non-hydrogen) atoms. The average molecular weight is 300 g/mol. The van der Waals surface area contributed by atoms with Crippen LogP contribution in [0.1, 0.15) is 35.2 Å². The SMILES string of the molecule is CCOC(=O)c1ccc(N[C@@H]2C[C@H]2c2cccc(F)c2)nc1. The van der Waals surface area contributed by atoms with Gasteiger partial charge in [-0.15, -0.1) is 0 Å². The lowest BCUT2D eigenvalue weighted by atomic mass is 10.1. The van der Waals surface area contributed by atoms with E-state index in [1.807, 2.05) is 6.07 Å². The van der Waals surface area contributed by atoms with E-state index in [-0.39, 0.29) is 17.8 Å². The summed E-state index contributed by atoms with van der Waals surface area (Å²) >= 11 is 0. The number of esters is 1. The van der Waals surface area contributed by atoms with Gasteiger partial charge in [-0.3, -0.25) is 0 Å². The fraction of sp³-hybridized carbons (Fsp3) is 0.294. The molecule has 0 saturated heterocycles. The van der Waals surface area contributed by atoms with E-state index in [0.717, 1.165) is 12.0 Å². The third-order valence-corrected chi connectivity index (χ3v) is 3.68. The summed E-state index contributed by atoms with van der Waals surface area (Å²) < 4.78 is 18.1. The van der Waals surface area contributed by atoms with E-state index < -0.39 is 0 Å². The third-order valence-electron chi connectivity index (χ3n) is 3.68. The van der Waals surface area contributed by atoms with E-state index in [0.29, 0.717) is 23.9 Å². The molecule has 1 aliphatic carbocycles. The number of pyridine rings is 1. The quantitative estimate of drug-likeness (QED) is 0.860. The van der Waals surface area contributed by atoms with Crippen molar-refractivity contribution in [2.45, 2.75) is 25.3 Å². The number of rotatable bonds is 5. The number of nitrogens with one attached hydrogen (secondary N) is 1. The van der Waals surface area contributed by atoms with Crippen LogP contribution in [0.3, 0.4) is 0 Å². The molecule has 114 valence electrons. The van der Waals surface area contributed by atoms with Crippen LogP contribution in [0.2, 0.25) is 0 Å². The molecule has 0 bridgehead atoms. The lowest BCUT2D eigenvalue weighted by Crippen LogP contribution is -2.08. The first-order chi connectivity index (χ1) is 10.7. The maximum atomic E-state index is 13.2. The van der Waals surface area contributed by atoms with Crippen molar-refractivity contribution in [3.05, 3.63) is 59.5 Å². The topological polar surface area (TPSA) is 51.2 Å². The highest BCUT2D eigenvalue weighted by Gasteiger charge is 2.38. The second-order valence-corrected chi connectivity index (χ2v) is 5.30. The van der Waals surface area contributed by atoms with Gasteiger partial charge in [-0.05, 0) is 43.2 Å². The van der Waals surface area contributed by atoms with Gasteiger partial charge in [0.2, 0.25) is 0 Å². The van der Waals surface area contributed by atoms with E-state index in [4.69, 9.17) is 4.74 Å². The molecule has 5 heteroatoms. The zero-order valence-corrected chi connectivity index (χ0v) is 12.3. The molecule has 0 aliphatic heterocycles. The summed E-state index contributed by atoms with van der Waals surface area (Å²) in [6.07, 6.45) is 2.45. The van der Waals surface area contributed by atoms with Gasteiger partial charge in [0.25, 0.3) is 0 Å². The molecular weight excluding hydrogens is 283 g/mol. The van der Waals surface area contributed by atoms with Crippen molar-refractivity contribution in [2.75, 3.05) is 11.9 Å². The van der Waals surface area contributed by atoms with Gasteiger partial charge in [0.15, 0.2) is 0 Å². The van der Waals surface area contributed by atoms with Crippen LogP contribution in [0.15, 0.2) is 42.6 Å². The minimum absolute atomic E-state index is 0.208. The zero-order valence-electron chi connectivity index (χ0n) is 12.3. The Kier molecular flexibility index (Phi) is 4.04. The molecule has 1 saturated carbocycles. The highest BCUT2D eigenvalue weighted by atomic mass is 19.1. The molecule has 0 radical (unpaired) electrons. The second-order valence-electron chi connectivity index (χ2n) is 5.30. The van der Waals surface area contributed by atoms with Crippen molar-refractivity contribution in [3.63, 3.8) is 0 Å². The highest BCUT2D eigenvalue weighted by molar-refractivity contribution is 5.89. The molecule has 0 amide bonds. The molecule has 1 aliphatic rings. The van der Waals surface area contributed by atoms with Crippen molar-refractivity contribution >= 4 is 11.8 Å². The monoisotopic (exact) mass is 300 g/mol. The molecule has 3 rings (SSSR count). The molecular formula is C17H17FN2O2. The fourth-order valence-electron chi connectivity index (χ4n) is 2.46. The summed E-state index contributed by atoms with van der Waals surface area (Å²) in [5.41, 5.74) is 1.44. The number of nitrogens with zero attached hydrogens (tertiary/aromatic N) is 1. The number of hydrogen-bond donors (Lipinski definition) is 1. The predicted molar refractivity (Wildman–Crippen MR) is 81.4 cm³/mol. The van der Waals surface area contributed by atoms with Crippen LogP contribution in [-0.4, -0.2) is 23.6 Å². The minimum atomic E-state index is -0.370. The van der Waals surface area contributed by atoms with Gasteiger partial charge in [0, 0.05) is 18.2 Å². The van der Waals surface area contributed by atoms with Gasteiger partial charge in [-0.1, -0.05) is 12.1 Å². The Hall–Kier alpha value is -2.43. The first-order valence-corrected chi connectivity index (χ1v) is 7.32. The van der Waals surface area contributed by atoms with Crippen molar-refractivity contribution in [1.82, 2.24) is 4.98 Å². The number of halogens is 1. The molecule has 2 aromatic rings. The van der Waals surface area contributed by atoms with Crippen LogP contribution in [0, 0.1) is 5.82 Å². The van der Waals surface area contributed by atoms with E-state index >= 15 is 0 Å². The van der Waals surface area contributed by atoms with Gasteiger partial charge in [0.1, 0.15) is 11.6 Å². The molecule has 0 spiro atoms. The van der Waals surface area contributed by atoms with Crippen LogP contribution in [0.4, 0.5) is 10.2 Å². The first-order valence-electron chi connectivity index (χ1n) is 7.32. The van der Waals surface area contributed by atoms with Crippen LogP contribution in [0.5, 0.6) is 0 Å². The number of anilines is 1. The van der Waals surface area contributed by atoms with Gasteiger partial charge in [-0.25, -0.2) is 14.2 Å². The normalized spacial score (nSPS) is 19.5. The number of aromatic nitrogens is 1. The molecule has 4 nitrogen and oxygen atoms in total. The van der Waals surface area contributed by atoms with E-state index in [1.165, 1.54) is 12.3 Å². The molecule has 1 heterocycles. The maximum Gasteiger partial charge on any atom is 0.339 e. The number of benzene rings is 1. The lowest BCUT2D eigenvalue weighted by Gasteiger charge is -2.06. The van der Waals surface area contributed by atoms with Crippen LogP contribution in [0.25, 0.3) is 0 Å². The Morgan fingerprint density at radius 3 is 2.95 bits per heavy atom. The van der Waals surface area contributed by atoms with E-state index in [9.17, 15) is 9.18 Å². The molecule has 1 N–H and O–H groups in total. The molecule has 1 fully saturated rings. The largest absolute Gasteiger partial charge is 0.462 e. The summed E-state index contributed by atoms with van der Waals surface area (Å²) in [6.45, 7) is 2.11. The smallest absolute Gasteiger partial charge is 0.339 e. The molecule has 2 atom stereocenters. The van der Waals surface area contributed by atoms with E-state index in [2.05, 4.69) is 10.3 Å². The second kappa shape index (κ2) is 6.13. The Balaban J connectivity index is 1.60. The Bertz CT molecular complexity index is 673. The summed E-state index contributed by atoms with van der Waals surface area (Å²) in [6, 6.07) is 10.4. The van der Waals surface area contributed by atoms with Gasteiger partial charge >= 0.3 is 5.97 Å². The Labute approximate surface area is 128 Å². The Morgan fingerprint density at radius 2 is 2.27 bits per heavy atom. The van der Waals surface area contributed by atoms with Crippen LogP contribution < -0.4 is 5.32 Å². The number of hydrogen-bond acceptors (Lipinski definition) is 4. The zero-order chi connectivity index (χ0) is 15.5. The van der Waals surface area contributed by atoms with Gasteiger partial charge < -0.3 is 10.1 Å². The van der Waals surface area contributed by atoms with Crippen molar-refractivity contribution in [3.8, 4) is 0 Å². The van der Waals surface area contributed by atoms with Crippen molar-refractivity contribution < 1.29 is 13.9 Å². The highest BCUT2D eigenvalue weighted by Crippen LogP contribution is 2.42.